The lowest BCUT2D eigenvalue weighted by molar-refractivity contribution is -0.132. The minimum absolute atomic E-state index is 0.124. The maximum atomic E-state index is 12.5. The van der Waals surface area contributed by atoms with E-state index in [2.05, 4.69) is 41.8 Å². The van der Waals surface area contributed by atoms with Crippen LogP contribution in [0.2, 0.25) is 0 Å². The molecule has 3 aliphatic rings. The van der Waals surface area contributed by atoms with E-state index in [4.69, 9.17) is 0 Å². The highest BCUT2D eigenvalue weighted by molar-refractivity contribution is 5.81. The summed E-state index contributed by atoms with van der Waals surface area (Å²) in [6.07, 6.45) is 3.20. The van der Waals surface area contributed by atoms with Crippen molar-refractivity contribution < 1.29 is 9.90 Å². The predicted octanol–water partition coefficient (Wildman–Crippen LogP) is 2.36. The molecule has 1 aliphatic carbocycles. The molecule has 0 bridgehead atoms. The van der Waals surface area contributed by atoms with Crippen LogP contribution in [0.3, 0.4) is 0 Å². The molecule has 2 heterocycles. The van der Waals surface area contributed by atoms with E-state index in [-0.39, 0.29) is 17.9 Å². The molecule has 136 valence electrons. The summed E-state index contributed by atoms with van der Waals surface area (Å²) in [6, 6.07) is 6.66. The number of fused-ring (bicyclic) bond motifs is 1. The van der Waals surface area contributed by atoms with Crippen LogP contribution in [0.15, 0.2) is 18.2 Å². The summed E-state index contributed by atoms with van der Waals surface area (Å²) in [6.45, 7) is 9.00. The number of hydrogen-bond donors (Lipinski definition) is 1. The van der Waals surface area contributed by atoms with Crippen LogP contribution in [0, 0.1) is 31.1 Å². The largest absolute Gasteiger partial charge is 0.396 e. The quantitative estimate of drug-likeness (QED) is 0.913. The lowest BCUT2D eigenvalue weighted by Crippen LogP contribution is -2.50. The number of rotatable bonds is 4. The van der Waals surface area contributed by atoms with E-state index in [1.807, 2.05) is 0 Å². The van der Waals surface area contributed by atoms with Crippen molar-refractivity contribution in [3.63, 3.8) is 0 Å². The normalized spacial score (nSPS) is 29.7. The van der Waals surface area contributed by atoms with Crippen molar-refractivity contribution in [1.82, 2.24) is 9.80 Å². The van der Waals surface area contributed by atoms with Gasteiger partial charge in [-0.2, -0.15) is 0 Å². The molecule has 2 unspecified atom stereocenters. The topological polar surface area (TPSA) is 43.8 Å². The first-order chi connectivity index (χ1) is 12.0. The van der Waals surface area contributed by atoms with Gasteiger partial charge >= 0.3 is 0 Å². The molecular formula is C21H30N2O2. The fourth-order valence-electron chi connectivity index (χ4n) is 4.86. The summed E-state index contributed by atoms with van der Waals surface area (Å²) in [5, 5.41) is 10.2. The third-order valence-corrected chi connectivity index (χ3v) is 6.59. The Morgan fingerprint density at radius 3 is 2.72 bits per heavy atom. The lowest BCUT2D eigenvalue weighted by atomic mass is 9.74. The van der Waals surface area contributed by atoms with Gasteiger partial charge in [-0.15, -0.1) is 0 Å². The Kier molecular flexibility index (Phi) is 4.37. The second-order valence-electron chi connectivity index (χ2n) is 8.64. The highest BCUT2D eigenvalue weighted by Crippen LogP contribution is 2.44. The Morgan fingerprint density at radius 2 is 2.04 bits per heavy atom. The third kappa shape index (κ3) is 3.22. The maximum absolute atomic E-state index is 12.5. The monoisotopic (exact) mass is 342 g/mol. The van der Waals surface area contributed by atoms with Crippen molar-refractivity contribution in [2.45, 2.75) is 39.7 Å². The number of carbonyl (C=O) groups excluding carboxylic acids is 1. The molecule has 1 N–H and O–H groups in total. The number of benzene rings is 1. The first-order valence-electron chi connectivity index (χ1n) is 9.69. The van der Waals surface area contributed by atoms with E-state index >= 15 is 0 Å². The van der Waals surface area contributed by atoms with Crippen LogP contribution in [0.4, 0.5) is 0 Å². The van der Waals surface area contributed by atoms with Crippen molar-refractivity contribution >= 4 is 5.91 Å². The first kappa shape index (κ1) is 17.0. The zero-order valence-corrected chi connectivity index (χ0v) is 15.5. The van der Waals surface area contributed by atoms with E-state index in [1.54, 1.807) is 0 Å². The molecule has 1 saturated carbocycles. The van der Waals surface area contributed by atoms with E-state index in [9.17, 15) is 9.90 Å². The molecule has 0 radical (unpaired) electrons. The molecule has 1 aromatic rings. The average Bonchev–Trinajstić information content (AvgIpc) is 3.37. The van der Waals surface area contributed by atoms with Crippen LogP contribution in [-0.2, 0) is 11.3 Å². The van der Waals surface area contributed by atoms with Crippen LogP contribution in [0.25, 0.3) is 0 Å². The molecule has 4 rings (SSSR count). The van der Waals surface area contributed by atoms with Gasteiger partial charge in [-0.3, -0.25) is 9.69 Å². The molecular weight excluding hydrogens is 312 g/mol. The fraction of sp³-hybridized carbons (Fsp3) is 0.667. The van der Waals surface area contributed by atoms with Gasteiger partial charge < -0.3 is 10.0 Å². The van der Waals surface area contributed by atoms with Crippen LogP contribution in [-0.4, -0.2) is 53.6 Å². The Hall–Kier alpha value is -1.39. The molecule has 1 amide bonds. The van der Waals surface area contributed by atoms with Crippen LogP contribution in [0.5, 0.6) is 0 Å². The Labute approximate surface area is 150 Å². The first-order valence-corrected chi connectivity index (χ1v) is 9.69. The minimum atomic E-state index is -0.124. The summed E-state index contributed by atoms with van der Waals surface area (Å²) in [4.78, 5) is 17.0. The second-order valence-corrected chi connectivity index (χ2v) is 8.64. The van der Waals surface area contributed by atoms with E-state index in [0.717, 1.165) is 52.0 Å². The molecule has 2 aliphatic heterocycles. The van der Waals surface area contributed by atoms with E-state index in [1.165, 1.54) is 16.7 Å². The summed E-state index contributed by atoms with van der Waals surface area (Å²) in [5.74, 6) is 1.07. The van der Waals surface area contributed by atoms with Gasteiger partial charge in [-0.25, -0.2) is 0 Å². The van der Waals surface area contributed by atoms with Gasteiger partial charge in [0.1, 0.15) is 0 Å². The predicted molar refractivity (Wildman–Crippen MR) is 98.1 cm³/mol. The van der Waals surface area contributed by atoms with Crippen molar-refractivity contribution in [2.75, 3.05) is 32.8 Å². The maximum Gasteiger partial charge on any atom is 0.225 e. The van der Waals surface area contributed by atoms with Crippen molar-refractivity contribution in [1.29, 1.82) is 0 Å². The van der Waals surface area contributed by atoms with Gasteiger partial charge in [0.25, 0.3) is 0 Å². The molecule has 0 spiro atoms. The molecule has 1 aromatic carbocycles. The molecule has 0 aromatic heterocycles. The number of piperidine rings is 1. The minimum Gasteiger partial charge on any atom is -0.396 e. The Balaban J connectivity index is 1.47. The third-order valence-electron chi connectivity index (χ3n) is 6.59. The van der Waals surface area contributed by atoms with Crippen LogP contribution < -0.4 is 0 Å². The Bertz CT molecular complexity index is 670. The summed E-state index contributed by atoms with van der Waals surface area (Å²) < 4.78 is 0. The van der Waals surface area contributed by atoms with Crippen LogP contribution in [0.1, 0.15) is 36.0 Å². The Morgan fingerprint density at radius 1 is 1.24 bits per heavy atom. The van der Waals surface area contributed by atoms with Crippen molar-refractivity contribution in [3.8, 4) is 0 Å². The van der Waals surface area contributed by atoms with Gasteiger partial charge in [-0.1, -0.05) is 23.8 Å². The zero-order valence-electron chi connectivity index (χ0n) is 15.5. The zero-order chi connectivity index (χ0) is 17.6. The number of carbonyl (C=O) groups is 1. The summed E-state index contributed by atoms with van der Waals surface area (Å²) in [5.41, 5.74) is 3.90. The molecule has 25 heavy (non-hydrogen) atoms. The lowest BCUT2D eigenvalue weighted by Gasteiger charge is -2.43. The van der Waals surface area contributed by atoms with Gasteiger partial charge in [0.15, 0.2) is 0 Å². The summed E-state index contributed by atoms with van der Waals surface area (Å²) in [7, 11) is 0. The number of aryl methyl sites for hydroxylation is 2. The smallest absolute Gasteiger partial charge is 0.225 e. The fourth-order valence-corrected chi connectivity index (χ4v) is 4.86. The van der Waals surface area contributed by atoms with Gasteiger partial charge in [0, 0.05) is 37.5 Å². The molecule has 3 fully saturated rings. The number of hydrogen-bond acceptors (Lipinski definition) is 3. The van der Waals surface area contributed by atoms with Gasteiger partial charge in [-0.05, 0) is 56.7 Å². The van der Waals surface area contributed by atoms with Crippen molar-refractivity contribution in [3.05, 3.63) is 34.9 Å². The number of amides is 1. The van der Waals surface area contributed by atoms with Crippen molar-refractivity contribution in [2.24, 2.45) is 17.3 Å². The molecule has 4 heteroatoms. The number of nitrogens with zero attached hydrogens (tertiary/aromatic N) is 2. The number of likely N-dealkylation sites (tertiary alicyclic amines) is 2. The van der Waals surface area contributed by atoms with Gasteiger partial charge in [0.05, 0.1) is 6.61 Å². The standard InChI is InChI=1S/C21H30N2O2/c1-15-3-4-18(16(2)9-15)10-22-8-7-19-11-23(20(25)17-5-6-17)13-21(19,12-22)14-24/h3-4,9,17,19,24H,5-8,10-14H2,1-2H3. The molecule has 2 atom stereocenters. The summed E-state index contributed by atoms with van der Waals surface area (Å²) >= 11 is 0. The second kappa shape index (κ2) is 6.40. The van der Waals surface area contributed by atoms with E-state index in [0.29, 0.717) is 11.8 Å². The molecule has 2 saturated heterocycles. The average molecular weight is 342 g/mol. The number of aliphatic hydroxyl groups is 1. The van der Waals surface area contributed by atoms with Gasteiger partial charge in [0.2, 0.25) is 5.91 Å². The van der Waals surface area contributed by atoms with Crippen LogP contribution >= 0.6 is 0 Å². The highest BCUT2D eigenvalue weighted by atomic mass is 16.3. The number of aliphatic hydroxyl groups excluding tert-OH is 1. The van der Waals surface area contributed by atoms with E-state index < -0.39 is 0 Å². The SMILES string of the molecule is Cc1ccc(CN2CCC3CN(C(=O)C4CC4)CC3(CO)C2)c(C)c1. The molecule has 4 nitrogen and oxygen atoms in total. The highest BCUT2D eigenvalue weighted by Gasteiger charge is 2.51.